The summed E-state index contributed by atoms with van der Waals surface area (Å²) in [6.07, 6.45) is 0.645. The largest absolute Gasteiger partial charge is 0.368 e. The molecule has 2 aromatic rings. The van der Waals surface area contributed by atoms with Gasteiger partial charge in [0.25, 0.3) is 0 Å². The highest BCUT2D eigenvalue weighted by atomic mass is 16.2. The average molecular weight is 310 g/mol. The second-order valence-electron chi connectivity index (χ2n) is 5.76. The third kappa shape index (κ3) is 4.68. The quantitative estimate of drug-likeness (QED) is 0.857. The summed E-state index contributed by atoms with van der Waals surface area (Å²) in [6.45, 7) is 3.98. The van der Waals surface area contributed by atoms with Gasteiger partial charge in [-0.2, -0.15) is 0 Å². The van der Waals surface area contributed by atoms with Crippen LogP contribution in [0, 0.1) is 13.8 Å². The minimum atomic E-state index is -0.703. The van der Waals surface area contributed by atoms with Gasteiger partial charge in [0.1, 0.15) is 6.04 Å². The molecule has 0 aromatic heterocycles. The Bertz CT molecular complexity index is 676. The van der Waals surface area contributed by atoms with Crippen molar-refractivity contribution in [3.05, 3.63) is 70.8 Å². The van der Waals surface area contributed by atoms with E-state index in [0.29, 0.717) is 6.42 Å². The van der Waals surface area contributed by atoms with Gasteiger partial charge in [0.15, 0.2) is 0 Å². The van der Waals surface area contributed by atoms with Crippen molar-refractivity contribution in [2.45, 2.75) is 32.7 Å². The average Bonchev–Trinajstić information content (AvgIpc) is 2.50. The number of nitrogens with one attached hydrogen (secondary N) is 1. The maximum absolute atomic E-state index is 12.2. The van der Waals surface area contributed by atoms with E-state index in [0.717, 1.165) is 22.3 Å². The fourth-order valence-electron chi connectivity index (χ4n) is 2.62. The SMILES string of the molecule is Cc1cccc(C)c1C[C@@H](NC(=O)Cc1ccccc1)C(N)=O. The fourth-order valence-corrected chi connectivity index (χ4v) is 2.62. The smallest absolute Gasteiger partial charge is 0.240 e. The molecule has 0 unspecified atom stereocenters. The lowest BCUT2D eigenvalue weighted by atomic mass is 9.96. The minimum Gasteiger partial charge on any atom is -0.368 e. The second kappa shape index (κ2) is 7.58. The lowest BCUT2D eigenvalue weighted by molar-refractivity contribution is -0.127. The molecule has 0 aliphatic heterocycles. The Labute approximate surface area is 136 Å². The Morgan fingerprint density at radius 3 is 2.17 bits per heavy atom. The third-order valence-electron chi connectivity index (χ3n) is 3.94. The first-order valence-corrected chi connectivity index (χ1v) is 7.65. The predicted molar refractivity (Wildman–Crippen MR) is 90.9 cm³/mol. The minimum absolute atomic E-state index is 0.203. The maximum Gasteiger partial charge on any atom is 0.240 e. The van der Waals surface area contributed by atoms with Crippen LogP contribution in [0.5, 0.6) is 0 Å². The Balaban J connectivity index is 2.07. The normalized spacial score (nSPS) is 11.7. The van der Waals surface area contributed by atoms with E-state index in [1.165, 1.54) is 0 Å². The number of hydrogen-bond donors (Lipinski definition) is 2. The monoisotopic (exact) mass is 310 g/mol. The summed E-state index contributed by atoms with van der Waals surface area (Å²) < 4.78 is 0. The topological polar surface area (TPSA) is 72.2 Å². The van der Waals surface area contributed by atoms with E-state index in [4.69, 9.17) is 5.73 Å². The van der Waals surface area contributed by atoms with Gasteiger partial charge in [0, 0.05) is 6.42 Å². The first kappa shape index (κ1) is 16.7. The molecule has 0 heterocycles. The molecule has 120 valence electrons. The molecule has 4 heteroatoms. The van der Waals surface area contributed by atoms with E-state index in [-0.39, 0.29) is 12.3 Å². The van der Waals surface area contributed by atoms with E-state index in [2.05, 4.69) is 5.32 Å². The van der Waals surface area contributed by atoms with Crippen LogP contribution >= 0.6 is 0 Å². The van der Waals surface area contributed by atoms with Crippen LogP contribution in [0.15, 0.2) is 48.5 Å². The van der Waals surface area contributed by atoms with Crippen LogP contribution in [0.4, 0.5) is 0 Å². The molecule has 2 aromatic carbocycles. The Morgan fingerprint density at radius 1 is 1.00 bits per heavy atom. The zero-order valence-electron chi connectivity index (χ0n) is 13.5. The second-order valence-corrected chi connectivity index (χ2v) is 5.76. The van der Waals surface area contributed by atoms with Crippen molar-refractivity contribution in [1.82, 2.24) is 5.32 Å². The number of amides is 2. The molecule has 2 amide bonds. The predicted octanol–water partition coefficient (Wildman–Crippen LogP) is 2.06. The van der Waals surface area contributed by atoms with Crippen LogP contribution in [0.25, 0.3) is 0 Å². The molecule has 0 saturated carbocycles. The number of primary amides is 1. The summed E-state index contributed by atoms with van der Waals surface area (Å²) in [6, 6.07) is 14.7. The summed E-state index contributed by atoms with van der Waals surface area (Å²) in [7, 11) is 0. The molecule has 23 heavy (non-hydrogen) atoms. The van der Waals surface area contributed by atoms with E-state index in [1.807, 2.05) is 62.4 Å². The molecule has 2 rings (SSSR count). The van der Waals surface area contributed by atoms with E-state index >= 15 is 0 Å². The van der Waals surface area contributed by atoms with Crippen molar-refractivity contribution in [2.75, 3.05) is 0 Å². The number of benzene rings is 2. The van der Waals surface area contributed by atoms with Crippen molar-refractivity contribution < 1.29 is 9.59 Å². The number of nitrogens with two attached hydrogens (primary N) is 1. The van der Waals surface area contributed by atoms with Gasteiger partial charge in [-0.05, 0) is 36.1 Å². The van der Waals surface area contributed by atoms with Gasteiger partial charge >= 0.3 is 0 Å². The number of hydrogen-bond acceptors (Lipinski definition) is 2. The maximum atomic E-state index is 12.2. The molecule has 4 nitrogen and oxygen atoms in total. The van der Waals surface area contributed by atoms with E-state index in [9.17, 15) is 9.59 Å². The van der Waals surface area contributed by atoms with Gasteiger partial charge in [0.05, 0.1) is 6.42 Å². The van der Waals surface area contributed by atoms with Crippen molar-refractivity contribution in [3.63, 3.8) is 0 Å². The molecular formula is C19H22N2O2. The van der Waals surface area contributed by atoms with E-state index < -0.39 is 11.9 Å². The van der Waals surface area contributed by atoms with Gasteiger partial charge in [-0.3, -0.25) is 9.59 Å². The van der Waals surface area contributed by atoms with Crippen molar-refractivity contribution >= 4 is 11.8 Å². The first-order chi connectivity index (χ1) is 11.0. The fraction of sp³-hybridized carbons (Fsp3) is 0.263. The molecule has 0 radical (unpaired) electrons. The van der Waals surface area contributed by atoms with E-state index in [1.54, 1.807) is 0 Å². The highest BCUT2D eigenvalue weighted by Gasteiger charge is 2.20. The summed E-state index contributed by atoms with van der Waals surface area (Å²) in [5.74, 6) is -0.722. The molecule has 0 bridgehead atoms. The van der Waals surface area contributed by atoms with Crippen molar-refractivity contribution in [3.8, 4) is 0 Å². The lowest BCUT2D eigenvalue weighted by Gasteiger charge is -2.18. The lowest BCUT2D eigenvalue weighted by Crippen LogP contribution is -2.46. The summed E-state index contributed by atoms with van der Waals surface area (Å²) >= 11 is 0. The van der Waals surface area contributed by atoms with Gasteiger partial charge in [-0.15, -0.1) is 0 Å². The number of carbonyl (C=O) groups is 2. The Kier molecular flexibility index (Phi) is 5.52. The van der Waals surface area contributed by atoms with Gasteiger partial charge in [0.2, 0.25) is 11.8 Å². The molecule has 0 aliphatic carbocycles. The van der Waals surface area contributed by atoms with Crippen LogP contribution < -0.4 is 11.1 Å². The van der Waals surface area contributed by atoms with Crippen LogP contribution in [-0.4, -0.2) is 17.9 Å². The van der Waals surface area contributed by atoms with Crippen LogP contribution in [0.1, 0.15) is 22.3 Å². The van der Waals surface area contributed by atoms with Gasteiger partial charge < -0.3 is 11.1 Å². The Morgan fingerprint density at radius 2 is 1.61 bits per heavy atom. The molecule has 1 atom stereocenters. The van der Waals surface area contributed by atoms with Crippen LogP contribution in [0.2, 0.25) is 0 Å². The van der Waals surface area contributed by atoms with Gasteiger partial charge in [-0.25, -0.2) is 0 Å². The number of carbonyl (C=O) groups excluding carboxylic acids is 2. The molecule has 0 aliphatic rings. The van der Waals surface area contributed by atoms with Gasteiger partial charge in [-0.1, -0.05) is 48.5 Å². The molecular weight excluding hydrogens is 288 g/mol. The van der Waals surface area contributed by atoms with Crippen LogP contribution in [0.3, 0.4) is 0 Å². The molecule has 0 fully saturated rings. The zero-order chi connectivity index (χ0) is 16.8. The zero-order valence-corrected chi connectivity index (χ0v) is 13.5. The standard InChI is InChI=1S/C19H22N2O2/c1-13-7-6-8-14(2)16(13)12-17(19(20)23)21-18(22)11-15-9-4-3-5-10-15/h3-10,17H,11-12H2,1-2H3,(H2,20,23)(H,21,22)/t17-/m1/s1. The number of aryl methyl sites for hydroxylation is 2. The summed E-state index contributed by atoms with van der Waals surface area (Å²) in [4.78, 5) is 23.9. The highest BCUT2D eigenvalue weighted by Crippen LogP contribution is 2.15. The van der Waals surface area contributed by atoms with Crippen LogP contribution in [-0.2, 0) is 22.4 Å². The summed E-state index contributed by atoms with van der Waals surface area (Å²) in [5.41, 5.74) is 9.61. The van der Waals surface area contributed by atoms with Crippen molar-refractivity contribution in [2.24, 2.45) is 5.73 Å². The first-order valence-electron chi connectivity index (χ1n) is 7.65. The molecule has 0 saturated heterocycles. The summed E-state index contributed by atoms with van der Waals surface area (Å²) in [5, 5.41) is 2.75. The highest BCUT2D eigenvalue weighted by molar-refractivity contribution is 5.87. The molecule has 3 N–H and O–H groups in total. The Hall–Kier alpha value is -2.62. The molecule has 0 spiro atoms. The third-order valence-corrected chi connectivity index (χ3v) is 3.94. The number of rotatable bonds is 6. The van der Waals surface area contributed by atoms with Crippen molar-refractivity contribution in [1.29, 1.82) is 0 Å².